The molecule has 0 aliphatic heterocycles. The number of hydrogen-bond acceptors (Lipinski definition) is 3. The molecule has 0 spiro atoms. The number of amides is 1. The Balaban J connectivity index is 2.19. The summed E-state index contributed by atoms with van der Waals surface area (Å²) in [4.78, 5) is 26.5. The molecular formula is C14H11ClN2O3. The van der Waals surface area contributed by atoms with Crippen molar-refractivity contribution in [3.05, 3.63) is 58.4 Å². The van der Waals surface area contributed by atoms with Gasteiger partial charge in [-0.2, -0.15) is 0 Å². The summed E-state index contributed by atoms with van der Waals surface area (Å²) in [7, 11) is 0. The molecule has 0 aliphatic rings. The average Bonchev–Trinajstić information content (AvgIpc) is 2.42. The van der Waals surface area contributed by atoms with Crippen molar-refractivity contribution in [3.8, 4) is 0 Å². The number of rotatable bonds is 3. The van der Waals surface area contributed by atoms with Gasteiger partial charge in [-0.05, 0) is 36.8 Å². The number of nitrogens with zero attached hydrogens (tertiary/aromatic N) is 1. The molecule has 1 aromatic carbocycles. The van der Waals surface area contributed by atoms with Crippen molar-refractivity contribution in [2.24, 2.45) is 0 Å². The molecule has 0 unspecified atom stereocenters. The van der Waals surface area contributed by atoms with E-state index in [1.165, 1.54) is 18.3 Å². The summed E-state index contributed by atoms with van der Waals surface area (Å²) in [6.45, 7) is 1.75. The van der Waals surface area contributed by atoms with Crippen LogP contribution in [0.2, 0.25) is 5.02 Å². The molecule has 2 aromatic rings. The Bertz CT molecular complexity index is 669. The Kier molecular flexibility index (Phi) is 4.00. The molecule has 0 radical (unpaired) electrons. The Morgan fingerprint density at radius 2 is 2.00 bits per heavy atom. The van der Waals surface area contributed by atoms with Gasteiger partial charge in [0.1, 0.15) is 5.69 Å². The van der Waals surface area contributed by atoms with Crippen LogP contribution in [0.3, 0.4) is 0 Å². The van der Waals surface area contributed by atoms with Gasteiger partial charge in [-0.3, -0.25) is 4.79 Å². The molecule has 0 fully saturated rings. The van der Waals surface area contributed by atoms with Crippen molar-refractivity contribution in [2.45, 2.75) is 6.92 Å². The van der Waals surface area contributed by atoms with Crippen LogP contribution in [-0.4, -0.2) is 22.0 Å². The van der Waals surface area contributed by atoms with Crippen LogP contribution in [0.25, 0.3) is 0 Å². The molecule has 2 rings (SSSR count). The lowest BCUT2D eigenvalue weighted by molar-refractivity contribution is 0.0690. The number of anilines is 1. The number of benzene rings is 1. The second-order valence-electron chi connectivity index (χ2n) is 4.10. The van der Waals surface area contributed by atoms with Crippen molar-refractivity contribution >= 4 is 29.2 Å². The van der Waals surface area contributed by atoms with Crippen LogP contribution in [0.5, 0.6) is 0 Å². The quantitative estimate of drug-likeness (QED) is 0.911. The van der Waals surface area contributed by atoms with E-state index in [1.807, 2.05) is 0 Å². The largest absolute Gasteiger partial charge is 0.477 e. The van der Waals surface area contributed by atoms with Crippen LogP contribution >= 0.6 is 11.6 Å². The van der Waals surface area contributed by atoms with E-state index < -0.39 is 5.97 Å². The van der Waals surface area contributed by atoms with Gasteiger partial charge in [-0.25, -0.2) is 9.78 Å². The Labute approximate surface area is 120 Å². The first kappa shape index (κ1) is 14.0. The summed E-state index contributed by atoms with van der Waals surface area (Å²) in [6, 6.07) is 7.86. The fraction of sp³-hybridized carbons (Fsp3) is 0.0714. The number of carboxylic acids is 1. The molecule has 6 heteroatoms. The Hall–Kier alpha value is -2.40. The smallest absolute Gasteiger partial charge is 0.354 e. The van der Waals surface area contributed by atoms with Crippen molar-refractivity contribution in [1.82, 2.24) is 4.98 Å². The first-order chi connectivity index (χ1) is 9.49. The van der Waals surface area contributed by atoms with Crippen LogP contribution in [0, 0.1) is 6.92 Å². The maximum atomic E-state index is 12.1. The molecule has 1 aromatic heterocycles. The normalized spacial score (nSPS) is 10.1. The predicted octanol–water partition coefficient (Wildman–Crippen LogP) is 2.99. The third-order valence-electron chi connectivity index (χ3n) is 2.75. The highest BCUT2D eigenvalue weighted by molar-refractivity contribution is 6.32. The summed E-state index contributed by atoms with van der Waals surface area (Å²) >= 11 is 5.96. The number of aromatic carboxylic acids is 1. The minimum atomic E-state index is -1.12. The summed E-state index contributed by atoms with van der Waals surface area (Å²) in [5.74, 6) is -1.44. The SMILES string of the molecule is Cc1c(Cl)cccc1C(=O)Nc1ccc(C(=O)O)nc1. The van der Waals surface area contributed by atoms with Gasteiger partial charge >= 0.3 is 5.97 Å². The van der Waals surface area contributed by atoms with E-state index >= 15 is 0 Å². The maximum absolute atomic E-state index is 12.1. The highest BCUT2D eigenvalue weighted by atomic mass is 35.5. The van der Waals surface area contributed by atoms with Crippen LogP contribution in [0.15, 0.2) is 36.5 Å². The van der Waals surface area contributed by atoms with E-state index in [1.54, 1.807) is 25.1 Å². The molecule has 2 N–H and O–H groups in total. The van der Waals surface area contributed by atoms with Gasteiger partial charge in [0, 0.05) is 10.6 Å². The number of carbonyl (C=O) groups is 2. The molecule has 5 nitrogen and oxygen atoms in total. The van der Waals surface area contributed by atoms with E-state index in [2.05, 4.69) is 10.3 Å². The number of halogens is 1. The number of carbonyl (C=O) groups excluding carboxylic acids is 1. The van der Waals surface area contributed by atoms with E-state index in [4.69, 9.17) is 16.7 Å². The number of carboxylic acid groups (broad SMARTS) is 1. The number of hydrogen-bond donors (Lipinski definition) is 2. The minimum Gasteiger partial charge on any atom is -0.477 e. The summed E-state index contributed by atoms with van der Waals surface area (Å²) in [5.41, 5.74) is 1.47. The highest BCUT2D eigenvalue weighted by Gasteiger charge is 2.11. The van der Waals surface area contributed by atoms with Crippen LogP contribution < -0.4 is 5.32 Å². The average molecular weight is 291 g/mol. The molecule has 0 atom stereocenters. The van der Waals surface area contributed by atoms with Crippen LogP contribution in [0.1, 0.15) is 26.4 Å². The van der Waals surface area contributed by atoms with Crippen LogP contribution in [0.4, 0.5) is 5.69 Å². The first-order valence-electron chi connectivity index (χ1n) is 5.75. The molecule has 20 heavy (non-hydrogen) atoms. The number of nitrogens with one attached hydrogen (secondary N) is 1. The van der Waals surface area contributed by atoms with Gasteiger partial charge < -0.3 is 10.4 Å². The number of pyridine rings is 1. The van der Waals surface area contributed by atoms with Gasteiger partial charge in [0.2, 0.25) is 0 Å². The molecule has 0 saturated heterocycles. The van der Waals surface area contributed by atoms with E-state index in [0.29, 0.717) is 21.8 Å². The molecule has 0 bridgehead atoms. The Morgan fingerprint density at radius 1 is 1.25 bits per heavy atom. The van der Waals surface area contributed by atoms with Crippen molar-refractivity contribution in [1.29, 1.82) is 0 Å². The summed E-state index contributed by atoms with van der Waals surface area (Å²) in [6.07, 6.45) is 1.29. The number of aromatic nitrogens is 1. The summed E-state index contributed by atoms with van der Waals surface area (Å²) in [5, 5.41) is 11.9. The lowest BCUT2D eigenvalue weighted by Crippen LogP contribution is -2.14. The zero-order valence-corrected chi connectivity index (χ0v) is 11.3. The standard InChI is InChI=1S/C14H11ClN2O3/c1-8-10(3-2-4-11(8)15)13(18)17-9-5-6-12(14(19)20)16-7-9/h2-7H,1H3,(H,17,18)(H,19,20). The summed E-state index contributed by atoms with van der Waals surface area (Å²) < 4.78 is 0. The van der Waals surface area contributed by atoms with Gasteiger partial charge in [0.25, 0.3) is 5.91 Å². The molecular weight excluding hydrogens is 280 g/mol. The minimum absolute atomic E-state index is 0.0815. The van der Waals surface area contributed by atoms with E-state index in [0.717, 1.165) is 0 Å². The predicted molar refractivity (Wildman–Crippen MR) is 75.3 cm³/mol. The molecule has 1 amide bonds. The fourth-order valence-electron chi connectivity index (χ4n) is 1.65. The van der Waals surface area contributed by atoms with Gasteiger partial charge in [-0.1, -0.05) is 17.7 Å². The topological polar surface area (TPSA) is 79.3 Å². The lowest BCUT2D eigenvalue weighted by atomic mass is 10.1. The highest BCUT2D eigenvalue weighted by Crippen LogP contribution is 2.19. The molecule has 0 saturated carbocycles. The lowest BCUT2D eigenvalue weighted by Gasteiger charge is -2.08. The zero-order chi connectivity index (χ0) is 14.7. The van der Waals surface area contributed by atoms with E-state index in [-0.39, 0.29) is 11.6 Å². The molecule has 0 aliphatic carbocycles. The second-order valence-corrected chi connectivity index (χ2v) is 4.51. The van der Waals surface area contributed by atoms with Gasteiger partial charge in [0.05, 0.1) is 11.9 Å². The van der Waals surface area contributed by atoms with Gasteiger partial charge in [0.15, 0.2) is 0 Å². The van der Waals surface area contributed by atoms with Crippen molar-refractivity contribution in [3.63, 3.8) is 0 Å². The fourth-order valence-corrected chi connectivity index (χ4v) is 1.82. The first-order valence-corrected chi connectivity index (χ1v) is 6.12. The molecule has 1 heterocycles. The van der Waals surface area contributed by atoms with Crippen LogP contribution in [-0.2, 0) is 0 Å². The Morgan fingerprint density at radius 3 is 2.60 bits per heavy atom. The maximum Gasteiger partial charge on any atom is 0.354 e. The zero-order valence-electron chi connectivity index (χ0n) is 10.6. The third kappa shape index (κ3) is 2.95. The monoisotopic (exact) mass is 290 g/mol. The van der Waals surface area contributed by atoms with Gasteiger partial charge in [-0.15, -0.1) is 0 Å². The van der Waals surface area contributed by atoms with Crippen molar-refractivity contribution < 1.29 is 14.7 Å². The second kappa shape index (κ2) is 5.71. The van der Waals surface area contributed by atoms with Crippen molar-refractivity contribution in [2.75, 3.05) is 5.32 Å². The molecule has 102 valence electrons. The third-order valence-corrected chi connectivity index (χ3v) is 3.16. The van der Waals surface area contributed by atoms with E-state index in [9.17, 15) is 9.59 Å².